The molecule has 0 saturated carbocycles. The van der Waals surface area contributed by atoms with Crippen molar-refractivity contribution in [3.8, 4) is 0 Å². The quantitative estimate of drug-likeness (QED) is 0.127. The smallest absolute Gasteiger partial charge is 0.326 e. The van der Waals surface area contributed by atoms with Gasteiger partial charge in [-0.15, -0.1) is 0 Å². The van der Waals surface area contributed by atoms with Gasteiger partial charge in [-0.05, 0) is 37.3 Å². The van der Waals surface area contributed by atoms with E-state index in [2.05, 4.69) is 16.0 Å². The Balaban J connectivity index is 3.08. The minimum Gasteiger partial charge on any atom is -0.481 e. The minimum absolute atomic E-state index is 0.138. The second kappa shape index (κ2) is 17.1. The summed E-state index contributed by atoms with van der Waals surface area (Å²) in [6.45, 7) is 4.00. The number of carboxylic acid groups (broad SMARTS) is 2. The summed E-state index contributed by atoms with van der Waals surface area (Å²) in [6.07, 6.45) is 1.62. The highest BCUT2D eigenvalue weighted by molar-refractivity contribution is 5.94. The number of aliphatic carboxylic acids is 2. The summed E-state index contributed by atoms with van der Waals surface area (Å²) in [6, 6.07) is 4.56. The first-order valence-electron chi connectivity index (χ1n) is 12.8. The van der Waals surface area contributed by atoms with Crippen LogP contribution in [0, 0.1) is 5.92 Å². The Labute approximate surface area is 222 Å². The third-order valence-corrected chi connectivity index (χ3v) is 6.28. The van der Waals surface area contributed by atoms with Crippen molar-refractivity contribution in [1.29, 1.82) is 0 Å². The first kappa shape index (κ1) is 32.5. The summed E-state index contributed by atoms with van der Waals surface area (Å²) in [5.41, 5.74) is 12.3. The maximum absolute atomic E-state index is 13.4. The second-order valence-corrected chi connectivity index (χ2v) is 9.35. The number of carboxylic acids is 2. The van der Waals surface area contributed by atoms with Gasteiger partial charge < -0.3 is 37.6 Å². The van der Waals surface area contributed by atoms with Crippen LogP contribution in [0.5, 0.6) is 0 Å². The van der Waals surface area contributed by atoms with Crippen LogP contribution in [0.15, 0.2) is 30.3 Å². The fourth-order valence-electron chi connectivity index (χ4n) is 3.72. The third kappa shape index (κ3) is 11.7. The summed E-state index contributed by atoms with van der Waals surface area (Å²) in [7, 11) is 0. The molecule has 0 aromatic heterocycles. The summed E-state index contributed by atoms with van der Waals surface area (Å²) in [5, 5.41) is 26.0. The molecular formula is C26H41N5O7. The third-order valence-electron chi connectivity index (χ3n) is 6.28. The molecule has 0 fully saturated rings. The number of nitrogens with one attached hydrogen (secondary N) is 3. The number of amides is 3. The van der Waals surface area contributed by atoms with Gasteiger partial charge in [-0.2, -0.15) is 0 Å². The fourth-order valence-corrected chi connectivity index (χ4v) is 3.72. The van der Waals surface area contributed by atoms with Crippen molar-refractivity contribution in [2.45, 2.75) is 83.0 Å². The number of nitrogens with two attached hydrogens (primary N) is 2. The van der Waals surface area contributed by atoms with Gasteiger partial charge in [-0.25, -0.2) is 4.79 Å². The lowest BCUT2D eigenvalue weighted by atomic mass is 9.96. The van der Waals surface area contributed by atoms with Gasteiger partial charge in [0.2, 0.25) is 17.7 Å². The molecule has 0 saturated heterocycles. The van der Waals surface area contributed by atoms with E-state index in [-0.39, 0.29) is 18.8 Å². The lowest BCUT2D eigenvalue weighted by molar-refractivity contribution is -0.143. The molecule has 3 amide bonds. The standard InChI is InChI=1S/C26H41N5O7/c1-3-16(2)22(25(36)29-19(26(37)38)12-13-21(32)33)31-24(35)20(15-17-9-5-4-6-10-17)30-23(34)18(28)11-7-8-14-27/h4-6,9-10,16,18-20,22H,3,7-8,11-15,27-28H2,1-2H3,(H,29,36)(H,30,34)(H,31,35)(H,32,33)(H,37,38). The van der Waals surface area contributed by atoms with E-state index in [9.17, 15) is 29.1 Å². The van der Waals surface area contributed by atoms with Gasteiger partial charge in [-0.1, -0.05) is 57.0 Å². The number of benzene rings is 1. The molecule has 1 aromatic rings. The molecule has 0 spiro atoms. The van der Waals surface area contributed by atoms with Gasteiger partial charge >= 0.3 is 11.9 Å². The average molecular weight is 536 g/mol. The maximum atomic E-state index is 13.4. The average Bonchev–Trinajstić information content (AvgIpc) is 2.88. The van der Waals surface area contributed by atoms with E-state index >= 15 is 0 Å². The molecule has 1 aromatic carbocycles. The van der Waals surface area contributed by atoms with Crippen molar-refractivity contribution >= 4 is 29.7 Å². The first-order chi connectivity index (χ1) is 18.0. The van der Waals surface area contributed by atoms with E-state index < -0.39 is 60.2 Å². The van der Waals surface area contributed by atoms with E-state index in [1.807, 2.05) is 6.07 Å². The van der Waals surface area contributed by atoms with Gasteiger partial charge in [0.05, 0.1) is 6.04 Å². The van der Waals surface area contributed by atoms with E-state index in [0.717, 1.165) is 5.56 Å². The van der Waals surface area contributed by atoms with Crippen molar-refractivity contribution in [2.75, 3.05) is 6.54 Å². The van der Waals surface area contributed by atoms with E-state index in [1.54, 1.807) is 38.1 Å². The Morgan fingerprint density at radius 2 is 1.50 bits per heavy atom. The molecule has 0 aliphatic carbocycles. The molecule has 212 valence electrons. The highest BCUT2D eigenvalue weighted by Crippen LogP contribution is 2.12. The molecule has 0 aliphatic rings. The van der Waals surface area contributed by atoms with Crippen LogP contribution in [0.4, 0.5) is 0 Å². The van der Waals surface area contributed by atoms with Gasteiger partial charge in [0.15, 0.2) is 0 Å². The largest absolute Gasteiger partial charge is 0.481 e. The number of rotatable bonds is 18. The molecule has 0 radical (unpaired) electrons. The number of unbranched alkanes of at least 4 members (excludes halogenated alkanes) is 1. The number of hydrogen-bond donors (Lipinski definition) is 7. The predicted octanol–water partition coefficient (Wildman–Crippen LogP) is 0.135. The molecule has 5 unspecified atom stereocenters. The molecule has 12 nitrogen and oxygen atoms in total. The molecule has 0 heterocycles. The van der Waals surface area contributed by atoms with Crippen LogP contribution in [-0.2, 0) is 30.4 Å². The zero-order chi connectivity index (χ0) is 28.7. The van der Waals surface area contributed by atoms with E-state index in [4.69, 9.17) is 16.6 Å². The van der Waals surface area contributed by atoms with Crippen molar-refractivity contribution < 1.29 is 34.2 Å². The molecule has 12 heteroatoms. The molecular weight excluding hydrogens is 494 g/mol. The van der Waals surface area contributed by atoms with E-state index in [0.29, 0.717) is 32.2 Å². The Kier molecular flexibility index (Phi) is 14.6. The van der Waals surface area contributed by atoms with Crippen LogP contribution >= 0.6 is 0 Å². The Morgan fingerprint density at radius 3 is 2.05 bits per heavy atom. The minimum atomic E-state index is -1.44. The number of carbonyl (C=O) groups excluding carboxylic acids is 3. The summed E-state index contributed by atoms with van der Waals surface area (Å²) in [4.78, 5) is 61.6. The lowest BCUT2D eigenvalue weighted by Crippen LogP contribution is -2.59. The van der Waals surface area contributed by atoms with E-state index in [1.165, 1.54) is 0 Å². The van der Waals surface area contributed by atoms with Crippen molar-refractivity contribution in [3.63, 3.8) is 0 Å². The molecule has 0 aliphatic heterocycles. The monoisotopic (exact) mass is 535 g/mol. The van der Waals surface area contributed by atoms with Crippen molar-refractivity contribution in [1.82, 2.24) is 16.0 Å². The molecule has 5 atom stereocenters. The molecule has 1 rings (SSSR count). The maximum Gasteiger partial charge on any atom is 0.326 e. The van der Waals surface area contributed by atoms with Crippen molar-refractivity contribution in [3.05, 3.63) is 35.9 Å². The van der Waals surface area contributed by atoms with Crippen LogP contribution in [0.25, 0.3) is 0 Å². The highest BCUT2D eigenvalue weighted by atomic mass is 16.4. The topological polar surface area (TPSA) is 214 Å². The Hall–Kier alpha value is -3.51. The zero-order valence-corrected chi connectivity index (χ0v) is 22.0. The number of hydrogen-bond acceptors (Lipinski definition) is 7. The highest BCUT2D eigenvalue weighted by Gasteiger charge is 2.33. The summed E-state index contributed by atoms with van der Waals surface area (Å²) < 4.78 is 0. The van der Waals surface area contributed by atoms with Gasteiger partial charge in [0, 0.05) is 12.8 Å². The Morgan fingerprint density at radius 1 is 0.868 bits per heavy atom. The SMILES string of the molecule is CCC(C)C(NC(=O)C(Cc1ccccc1)NC(=O)C(N)CCCCN)C(=O)NC(CCC(=O)O)C(=O)O. The normalized spacial score (nSPS) is 14.8. The van der Waals surface area contributed by atoms with Gasteiger partial charge in [0.25, 0.3) is 0 Å². The van der Waals surface area contributed by atoms with Crippen LogP contribution in [0.1, 0.15) is 57.9 Å². The molecule has 0 bridgehead atoms. The zero-order valence-electron chi connectivity index (χ0n) is 22.0. The summed E-state index contributed by atoms with van der Waals surface area (Å²) in [5.74, 6) is -4.87. The van der Waals surface area contributed by atoms with Crippen LogP contribution < -0.4 is 27.4 Å². The van der Waals surface area contributed by atoms with Crippen molar-refractivity contribution in [2.24, 2.45) is 17.4 Å². The van der Waals surface area contributed by atoms with Crippen LogP contribution in [-0.4, -0.2) is 70.6 Å². The lowest BCUT2D eigenvalue weighted by Gasteiger charge is -2.28. The molecule has 9 N–H and O–H groups in total. The number of carbonyl (C=O) groups is 5. The predicted molar refractivity (Wildman–Crippen MR) is 141 cm³/mol. The molecule has 38 heavy (non-hydrogen) atoms. The van der Waals surface area contributed by atoms with Gasteiger partial charge in [-0.3, -0.25) is 19.2 Å². The van der Waals surface area contributed by atoms with Crippen LogP contribution in [0.2, 0.25) is 0 Å². The van der Waals surface area contributed by atoms with Crippen LogP contribution in [0.3, 0.4) is 0 Å². The first-order valence-corrected chi connectivity index (χ1v) is 12.8. The summed E-state index contributed by atoms with van der Waals surface area (Å²) >= 11 is 0. The second-order valence-electron chi connectivity index (χ2n) is 9.35. The Bertz CT molecular complexity index is 928. The fraction of sp³-hybridized carbons (Fsp3) is 0.577. The van der Waals surface area contributed by atoms with Gasteiger partial charge in [0.1, 0.15) is 18.1 Å².